The minimum Gasteiger partial charge on any atom is -0.478 e. The molecule has 17 heavy (non-hydrogen) atoms. The third kappa shape index (κ3) is 2.09. The van der Waals surface area contributed by atoms with Crippen molar-refractivity contribution in [2.45, 2.75) is 0 Å². The number of hydrogen-bond acceptors (Lipinski definition) is 3. The van der Waals surface area contributed by atoms with Crippen LogP contribution in [0.3, 0.4) is 0 Å². The maximum atomic E-state index is 11.1. The van der Waals surface area contributed by atoms with Crippen molar-refractivity contribution >= 4 is 22.7 Å². The highest BCUT2D eigenvalue weighted by molar-refractivity contribution is 6.11. The van der Waals surface area contributed by atoms with E-state index in [1.165, 1.54) is 6.07 Å². The molecule has 0 bridgehead atoms. The van der Waals surface area contributed by atoms with E-state index in [-0.39, 0.29) is 17.3 Å². The third-order valence-electron chi connectivity index (χ3n) is 2.37. The van der Waals surface area contributed by atoms with Gasteiger partial charge in [0.2, 0.25) is 0 Å². The summed E-state index contributed by atoms with van der Waals surface area (Å²) >= 11 is 0. The normalized spacial score (nSPS) is 9.65. The van der Waals surface area contributed by atoms with Crippen molar-refractivity contribution < 1.29 is 19.8 Å². The van der Waals surface area contributed by atoms with Crippen LogP contribution in [0.15, 0.2) is 36.4 Å². The number of benzene rings is 2. The topological polar surface area (TPSA) is 110 Å². The molecule has 0 amide bonds. The van der Waals surface area contributed by atoms with E-state index in [0.717, 1.165) is 0 Å². The highest BCUT2D eigenvalue weighted by Crippen LogP contribution is 2.22. The first-order chi connectivity index (χ1) is 7.61. The van der Waals surface area contributed by atoms with E-state index in [9.17, 15) is 9.59 Å². The van der Waals surface area contributed by atoms with Crippen LogP contribution in [0.1, 0.15) is 20.7 Å². The van der Waals surface area contributed by atoms with E-state index < -0.39 is 11.9 Å². The Morgan fingerprint density at radius 1 is 0.882 bits per heavy atom. The van der Waals surface area contributed by atoms with Crippen molar-refractivity contribution in [2.24, 2.45) is 0 Å². The highest BCUT2D eigenvalue weighted by Gasteiger charge is 2.18. The molecule has 88 valence electrons. The van der Waals surface area contributed by atoms with E-state index >= 15 is 0 Å². The van der Waals surface area contributed by atoms with Gasteiger partial charge in [0.25, 0.3) is 0 Å². The fourth-order valence-corrected chi connectivity index (χ4v) is 1.68. The van der Waals surface area contributed by atoms with Crippen molar-refractivity contribution in [3.05, 3.63) is 47.5 Å². The van der Waals surface area contributed by atoms with Crippen LogP contribution in [-0.2, 0) is 0 Å². The molecule has 2 aromatic carbocycles. The number of rotatable bonds is 2. The monoisotopic (exact) mass is 233 g/mol. The Hall–Kier alpha value is -2.40. The van der Waals surface area contributed by atoms with Crippen LogP contribution in [0.25, 0.3) is 10.8 Å². The van der Waals surface area contributed by atoms with Crippen LogP contribution in [0.5, 0.6) is 0 Å². The Labute approximate surface area is 96.9 Å². The smallest absolute Gasteiger partial charge is 0.337 e. The second-order valence-corrected chi connectivity index (χ2v) is 3.32. The Balaban J connectivity index is 0.00000144. The number of aromatic carboxylic acids is 2. The molecule has 0 heterocycles. The van der Waals surface area contributed by atoms with Crippen LogP contribution < -0.4 is 6.15 Å². The van der Waals surface area contributed by atoms with Gasteiger partial charge in [-0.2, -0.15) is 0 Å². The molecule has 0 aliphatic carbocycles. The molecule has 0 aliphatic rings. The molecule has 5 heteroatoms. The molecule has 2 rings (SSSR count). The molecule has 2 aromatic rings. The predicted octanol–water partition coefficient (Wildman–Crippen LogP) is 2.40. The molecule has 5 nitrogen and oxygen atoms in total. The molecule has 0 unspecified atom stereocenters. The standard InChI is InChI=1S/C12H8O4.H3N/c13-11(14)9-6-5-7-3-1-2-4-8(7)10(9)12(15)16;/h1-6H,(H,13,14)(H,15,16);1H3. The molecule has 0 spiro atoms. The summed E-state index contributed by atoms with van der Waals surface area (Å²) in [5.41, 5.74) is -0.350. The van der Waals surface area contributed by atoms with Gasteiger partial charge >= 0.3 is 11.9 Å². The van der Waals surface area contributed by atoms with Gasteiger partial charge in [-0.15, -0.1) is 0 Å². The first-order valence-electron chi connectivity index (χ1n) is 4.59. The lowest BCUT2D eigenvalue weighted by Crippen LogP contribution is -2.08. The molecule has 5 N–H and O–H groups in total. The Kier molecular flexibility index (Phi) is 3.45. The predicted molar refractivity (Wildman–Crippen MR) is 62.9 cm³/mol. The van der Waals surface area contributed by atoms with Crippen LogP contribution in [0.4, 0.5) is 0 Å². The molecule has 0 aromatic heterocycles. The van der Waals surface area contributed by atoms with Gasteiger partial charge in [0.15, 0.2) is 0 Å². The minimum absolute atomic E-state index is 0. The summed E-state index contributed by atoms with van der Waals surface area (Å²) in [5.74, 6) is -2.46. The first-order valence-corrected chi connectivity index (χ1v) is 4.59. The van der Waals surface area contributed by atoms with Gasteiger partial charge in [0.1, 0.15) is 0 Å². The molecule has 0 atom stereocenters. The maximum Gasteiger partial charge on any atom is 0.337 e. The Bertz CT molecular complexity index is 592. The second kappa shape index (κ2) is 4.63. The van der Waals surface area contributed by atoms with Crippen LogP contribution in [0, 0.1) is 0 Å². The fourth-order valence-electron chi connectivity index (χ4n) is 1.68. The molecule has 0 radical (unpaired) electrons. The minimum atomic E-state index is -1.23. The average molecular weight is 233 g/mol. The number of hydrogen-bond donors (Lipinski definition) is 3. The van der Waals surface area contributed by atoms with Gasteiger partial charge < -0.3 is 16.4 Å². The Morgan fingerprint density at radius 2 is 1.53 bits per heavy atom. The Morgan fingerprint density at radius 3 is 2.12 bits per heavy atom. The summed E-state index contributed by atoms with van der Waals surface area (Å²) in [5, 5.41) is 19.1. The van der Waals surface area contributed by atoms with Crippen LogP contribution >= 0.6 is 0 Å². The van der Waals surface area contributed by atoms with E-state index in [0.29, 0.717) is 10.8 Å². The van der Waals surface area contributed by atoms with Gasteiger partial charge in [-0.3, -0.25) is 0 Å². The zero-order chi connectivity index (χ0) is 11.7. The van der Waals surface area contributed by atoms with Gasteiger partial charge in [-0.1, -0.05) is 30.3 Å². The summed E-state index contributed by atoms with van der Waals surface area (Å²) in [6.45, 7) is 0. The first kappa shape index (κ1) is 12.7. The van der Waals surface area contributed by atoms with Crippen molar-refractivity contribution in [2.75, 3.05) is 0 Å². The van der Waals surface area contributed by atoms with E-state index in [4.69, 9.17) is 10.2 Å². The maximum absolute atomic E-state index is 11.1. The lowest BCUT2D eigenvalue weighted by Gasteiger charge is -2.05. The average Bonchev–Trinajstić information content (AvgIpc) is 2.27. The highest BCUT2D eigenvalue weighted by atomic mass is 16.4. The lowest BCUT2D eigenvalue weighted by molar-refractivity contribution is 0.0653. The molecule has 0 saturated heterocycles. The van der Waals surface area contributed by atoms with Gasteiger partial charge in [-0.25, -0.2) is 9.59 Å². The zero-order valence-corrected chi connectivity index (χ0v) is 8.88. The van der Waals surface area contributed by atoms with Crippen molar-refractivity contribution in [1.29, 1.82) is 0 Å². The summed E-state index contributed by atoms with van der Waals surface area (Å²) < 4.78 is 0. The van der Waals surface area contributed by atoms with Crippen molar-refractivity contribution in [3.63, 3.8) is 0 Å². The summed E-state index contributed by atoms with van der Waals surface area (Å²) in [7, 11) is 0. The summed E-state index contributed by atoms with van der Waals surface area (Å²) in [6.07, 6.45) is 0. The van der Waals surface area contributed by atoms with Crippen LogP contribution in [-0.4, -0.2) is 22.2 Å². The van der Waals surface area contributed by atoms with E-state index in [1.807, 2.05) is 0 Å². The lowest BCUT2D eigenvalue weighted by atomic mass is 9.99. The van der Waals surface area contributed by atoms with E-state index in [2.05, 4.69) is 0 Å². The SMILES string of the molecule is N.O=C(O)c1ccc2ccccc2c1C(=O)O. The zero-order valence-electron chi connectivity index (χ0n) is 8.88. The fraction of sp³-hybridized carbons (Fsp3) is 0. The second-order valence-electron chi connectivity index (χ2n) is 3.32. The number of carboxylic acids is 2. The summed E-state index contributed by atoms with van der Waals surface area (Å²) in [6, 6.07) is 9.72. The molecule has 0 aliphatic heterocycles. The third-order valence-corrected chi connectivity index (χ3v) is 2.37. The van der Waals surface area contributed by atoms with Gasteiger partial charge in [0, 0.05) is 0 Å². The van der Waals surface area contributed by atoms with Crippen molar-refractivity contribution in [1.82, 2.24) is 6.15 Å². The largest absolute Gasteiger partial charge is 0.478 e. The molecule has 0 fully saturated rings. The van der Waals surface area contributed by atoms with Crippen molar-refractivity contribution in [3.8, 4) is 0 Å². The quantitative estimate of drug-likeness (QED) is 0.737. The molecule has 0 saturated carbocycles. The van der Waals surface area contributed by atoms with Gasteiger partial charge in [0.05, 0.1) is 11.1 Å². The molecular weight excluding hydrogens is 222 g/mol. The van der Waals surface area contributed by atoms with Gasteiger partial charge in [-0.05, 0) is 16.8 Å². The van der Waals surface area contributed by atoms with Crippen LogP contribution in [0.2, 0.25) is 0 Å². The number of fused-ring (bicyclic) bond motifs is 1. The molecular formula is C12H11NO4. The summed E-state index contributed by atoms with van der Waals surface area (Å²) in [4.78, 5) is 22.0. The number of carboxylic acid groups (broad SMARTS) is 2. The van der Waals surface area contributed by atoms with E-state index in [1.54, 1.807) is 30.3 Å². The number of carbonyl (C=O) groups is 2.